The van der Waals surface area contributed by atoms with Crippen LogP contribution in [0.1, 0.15) is 12.8 Å². The van der Waals surface area contributed by atoms with Gasteiger partial charge in [0, 0.05) is 13.1 Å². The van der Waals surface area contributed by atoms with E-state index >= 15 is 0 Å². The maximum Gasteiger partial charge on any atom is 0.455 e. The van der Waals surface area contributed by atoms with Crippen molar-refractivity contribution in [2.24, 2.45) is 13.5 Å². The fourth-order valence-corrected chi connectivity index (χ4v) is 13.4. The van der Waals surface area contributed by atoms with Gasteiger partial charge in [0.05, 0.1) is 13.2 Å². The molecule has 0 aromatic heterocycles. The minimum atomic E-state index is -3.22. The van der Waals surface area contributed by atoms with E-state index < -0.39 is 22.8 Å². The Kier molecular flexibility index (Phi) is 5.87. The van der Waals surface area contributed by atoms with E-state index in [4.69, 9.17) is 31.6 Å². The molecule has 30 heavy (non-hydrogen) atoms. The largest absolute Gasteiger partial charge is 0.455 e. The zero-order valence-corrected chi connectivity index (χ0v) is 19.0. The van der Waals surface area contributed by atoms with Gasteiger partial charge in [0.25, 0.3) is 15.2 Å². The van der Waals surface area contributed by atoms with E-state index in [1.807, 2.05) is 60.7 Å². The van der Waals surface area contributed by atoms with Gasteiger partial charge >= 0.3 is 7.66 Å². The molecule has 160 valence electrons. The van der Waals surface area contributed by atoms with Gasteiger partial charge in [-0.2, -0.15) is 4.52 Å². The first-order chi connectivity index (χ1) is 14.7. The normalized spacial score (nSPS) is 30.0. The molecule has 2 atom stereocenters. The highest BCUT2D eigenvalue weighted by Gasteiger charge is 2.44. The first-order valence-electron chi connectivity index (χ1n) is 9.89. The van der Waals surface area contributed by atoms with Crippen molar-refractivity contribution in [3.8, 4) is 11.5 Å². The third-order valence-electron chi connectivity index (χ3n) is 4.47. The summed E-state index contributed by atoms with van der Waals surface area (Å²) in [6, 6.07) is 19.0. The van der Waals surface area contributed by atoms with Crippen LogP contribution in [0.4, 0.5) is 0 Å². The van der Waals surface area contributed by atoms with Crippen LogP contribution in [0, 0.1) is 0 Å². The Morgan fingerprint density at radius 3 is 1.63 bits per heavy atom. The molecular formula is C18H24N5O4P3. The Morgan fingerprint density at radius 1 is 0.667 bits per heavy atom. The second-order valence-electron chi connectivity index (χ2n) is 6.85. The number of rotatable bonds is 4. The van der Waals surface area contributed by atoms with Crippen LogP contribution in [0.2, 0.25) is 0 Å². The van der Waals surface area contributed by atoms with Gasteiger partial charge in [-0.25, -0.2) is 10.2 Å². The predicted molar refractivity (Wildman–Crippen MR) is 119 cm³/mol. The van der Waals surface area contributed by atoms with Crippen molar-refractivity contribution in [2.75, 3.05) is 26.3 Å². The minimum absolute atomic E-state index is 0.574. The number of nitrogens with one attached hydrogen (secondary N) is 2. The van der Waals surface area contributed by atoms with E-state index in [0.717, 1.165) is 25.9 Å². The number of hydrogen-bond donors (Lipinski definition) is 2. The molecular weight excluding hydrogens is 443 g/mol. The summed E-state index contributed by atoms with van der Waals surface area (Å²) in [4.78, 5) is 0. The number of nitrogens with zero attached hydrogens (tertiary/aromatic N) is 3. The molecule has 2 aromatic carbocycles. The Bertz CT molecular complexity index is 981. The predicted octanol–water partition coefficient (Wildman–Crippen LogP) is 6.02. The summed E-state index contributed by atoms with van der Waals surface area (Å²) in [6.07, 6.45) is 1.79. The van der Waals surface area contributed by atoms with Crippen molar-refractivity contribution < 1.29 is 18.1 Å². The monoisotopic (exact) mass is 467 g/mol. The van der Waals surface area contributed by atoms with Gasteiger partial charge in [0.2, 0.25) is 0 Å². The smallest absolute Gasteiger partial charge is 0.413 e. The van der Waals surface area contributed by atoms with Gasteiger partial charge in [-0.15, -0.1) is 9.03 Å². The van der Waals surface area contributed by atoms with Crippen LogP contribution < -0.4 is 19.2 Å². The third kappa shape index (κ3) is 4.44. The third-order valence-corrected chi connectivity index (χ3v) is 13.4. The van der Waals surface area contributed by atoms with E-state index in [2.05, 4.69) is 10.2 Å². The van der Waals surface area contributed by atoms with Crippen LogP contribution >= 0.6 is 22.8 Å². The quantitative estimate of drug-likeness (QED) is 0.534. The lowest BCUT2D eigenvalue weighted by atomic mass is 10.3. The topological polar surface area (TPSA) is 98.1 Å². The van der Waals surface area contributed by atoms with Crippen LogP contribution in [-0.4, -0.2) is 26.3 Å². The molecule has 9 nitrogen and oxygen atoms in total. The fourth-order valence-electron chi connectivity index (χ4n) is 3.15. The second kappa shape index (κ2) is 8.60. The summed E-state index contributed by atoms with van der Waals surface area (Å²) in [6.45, 7) is 2.67. The summed E-state index contributed by atoms with van der Waals surface area (Å²) < 4.78 is 40.0. The summed E-state index contributed by atoms with van der Waals surface area (Å²) in [5, 5.41) is 6.81. The summed E-state index contributed by atoms with van der Waals surface area (Å²) in [5.74, 6) is 1.25. The lowest BCUT2D eigenvalue weighted by Crippen LogP contribution is -2.26. The highest BCUT2D eigenvalue weighted by atomic mass is 31.3. The lowest BCUT2D eigenvalue weighted by Gasteiger charge is -2.37. The Balaban J connectivity index is 1.69. The van der Waals surface area contributed by atoms with Crippen LogP contribution in [0.25, 0.3) is 0 Å². The first-order valence-corrected chi connectivity index (χ1v) is 14.6. The molecule has 0 unspecified atom stereocenters. The van der Waals surface area contributed by atoms with Crippen LogP contribution in [0.3, 0.4) is 0 Å². The van der Waals surface area contributed by atoms with Crippen molar-refractivity contribution >= 4 is 22.8 Å². The summed E-state index contributed by atoms with van der Waals surface area (Å²) in [7, 11) is -8.71. The van der Waals surface area contributed by atoms with E-state index in [1.54, 1.807) is 0 Å². The first kappa shape index (κ1) is 20.5. The molecule has 2 saturated heterocycles. The van der Waals surface area contributed by atoms with E-state index in [0.29, 0.717) is 24.7 Å². The molecule has 0 amide bonds. The van der Waals surface area contributed by atoms with Crippen LogP contribution in [0.15, 0.2) is 74.2 Å². The van der Waals surface area contributed by atoms with Crippen molar-refractivity contribution in [1.29, 1.82) is 0 Å². The van der Waals surface area contributed by atoms with Crippen LogP contribution in [-0.2, 0) is 9.05 Å². The maximum absolute atomic E-state index is 6.41. The molecule has 0 bridgehead atoms. The van der Waals surface area contributed by atoms with Crippen LogP contribution in [0.5, 0.6) is 11.5 Å². The summed E-state index contributed by atoms with van der Waals surface area (Å²) in [5.41, 5.74) is 0. The van der Waals surface area contributed by atoms with Gasteiger partial charge in [-0.05, 0) is 37.1 Å². The van der Waals surface area contributed by atoms with Gasteiger partial charge in [0.1, 0.15) is 11.5 Å². The SMILES string of the molecule is c1ccc(OP2(Oc3ccccc3)=N[P@]3(=N[P@@]4(=N2)NCCCO4)NCCCO3)cc1. The molecule has 2 aromatic rings. The van der Waals surface area contributed by atoms with E-state index in [9.17, 15) is 0 Å². The van der Waals surface area contributed by atoms with Crippen molar-refractivity contribution in [2.45, 2.75) is 12.8 Å². The fraction of sp³-hybridized carbons (Fsp3) is 0.333. The highest BCUT2D eigenvalue weighted by Crippen LogP contribution is 2.77. The Labute approximate surface area is 176 Å². The van der Waals surface area contributed by atoms with Gasteiger partial charge < -0.3 is 18.1 Å². The number of benzene rings is 2. The van der Waals surface area contributed by atoms with Crippen molar-refractivity contribution in [1.82, 2.24) is 10.2 Å². The van der Waals surface area contributed by atoms with E-state index in [-0.39, 0.29) is 0 Å². The molecule has 2 spiro atoms. The average Bonchev–Trinajstić information content (AvgIpc) is 2.75. The molecule has 2 N–H and O–H groups in total. The summed E-state index contributed by atoms with van der Waals surface area (Å²) >= 11 is 0. The zero-order chi connectivity index (χ0) is 20.3. The Hall–Kier alpha value is -1.43. The minimum Gasteiger partial charge on any atom is -0.413 e. The Morgan fingerprint density at radius 2 is 1.17 bits per heavy atom. The average molecular weight is 467 g/mol. The van der Waals surface area contributed by atoms with Crippen molar-refractivity contribution in [3.05, 3.63) is 60.7 Å². The second-order valence-corrected chi connectivity index (χ2v) is 13.7. The van der Waals surface area contributed by atoms with E-state index in [1.165, 1.54) is 0 Å². The highest BCUT2D eigenvalue weighted by molar-refractivity contribution is 7.80. The molecule has 2 fully saturated rings. The maximum atomic E-state index is 6.41. The molecule has 0 radical (unpaired) electrons. The molecule has 3 heterocycles. The van der Waals surface area contributed by atoms with Gasteiger partial charge in [0.15, 0.2) is 0 Å². The van der Waals surface area contributed by atoms with Crippen molar-refractivity contribution in [3.63, 3.8) is 0 Å². The van der Waals surface area contributed by atoms with Gasteiger partial charge in [-0.1, -0.05) is 36.4 Å². The zero-order valence-electron chi connectivity index (χ0n) is 16.3. The number of para-hydroxylation sites is 2. The van der Waals surface area contributed by atoms with Gasteiger partial charge in [-0.3, -0.25) is 0 Å². The number of hydrogen-bond acceptors (Lipinski definition) is 9. The molecule has 12 heteroatoms. The molecule has 0 saturated carbocycles. The molecule has 5 rings (SSSR count). The standard InChI is InChI=1S/C18H24N5O4P3/c1-3-9-17(10-4-1)26-30(27-18-11-5-2-6-12-18)22-28(19-13-7-15-24-28)21-29(23-30)20-14-8-16-25-29/h1-6,9-12,19-20H,7-8,13-16H2/t28-,29-/m1/s1. The molecule has 0 aliphatic carbocycles. The lowest BCUT2D eigenvalue weighted by molar-refractivity contribution is 0.300. The molecule has 3 aliphatic rings. The molecule has 3 aliphatic heterocycles.